The molecule has 30 heavy (non-hydrogen) atoms. The molecule has 0 spiro atoms. The van der Waals surface area contributed by atoms with Crippen molar-refractivity contribution in [3.05, 3.63) is 45.4 Å². The molecule has 1 unspecified atom stereocenters. The number of fused-ring (bicyclic) bond motifs is 4. The summed E-state index contributed by atoms with van der Waals surface area (Å²) in [6.45, 7) is 2.39. The number of nitrogens with one attached hydrogen (secondary N) is 1. The van der Waals surface area contributed by atoms with Crippen LogP contribution in [0.1, 0.15) is 35.2 Å². The second-order valence-electron chi connectivity index (χ2n) is 7.49. The average Bonchev–Trinajstić information content (AvgIpc) is 3.26. The van der Waals surface area contributed by atoms with E-state index in [0.29, 0.717) is 17.6 Å². The van der Waals surface area contributed by atoms with Crippen LogP contribution in [0.5, 0.6) is 0 Å². The summed E-state index contributed by atoms with van der Waals surface area (Å²) in [5.41, 5.74) is 0.590. The second-order valence-corrected chi connectivity index (χ2v) is 8.98. The Morgan fingerprint density at radius 2 is 2.13 bits per heavy atom. The zero-order valence-corrected chi connectivity index (χ0v) is 17.4. The molecular formula is C19H16ClF3N6S. The van der Waals surface area contributed by atoms with Gasteiger partial charge in [-0.15, -0.1) is 21.5 Å². The van der Waals surface area contributed by atoms with Crippen molar-refractivity contribution in [2.45, 2.75) is 38.9 Å². The molecule has 11 heteroatoms. The summed E-state index contributed by atoms with van der Waals surface area (Å²) in [7, 11) is 0. The van der Waals surface area contributed by atoms with Gasteiger partial charge in [0.15, 0.2) is 11.5 Å². The highest BCUT2D eigenvalue weighted by Gasteiger charge is 2.32. The zero-order valence-electron chi connectivity index (χ0n) is 15.8. The monoisotopic (exact) mass is 452 g/mol. The molecule has 6 nitrogen and oxygen atoms in total. The van der Waals surface area contributed by atoms with E-state index in [1.165, 1.54) is 21.2 Å². The van der Waals surface area contributed by atoms with Crippen molar-refractivity contribution in [3.8, 4) is 0 Å². The van der Waals surface area contributed by atoms with Crippen molar-refractivity contribution in [1.29, 1.82) is 0 Å². The topological polar surface area (TPSA) is 68.0 Å². The average molecular weight is 453 g/mol. The van der Waals surface area contributed by atoms with E-state index in [9.17, 15) is 13.2 Å². The van der Waals surface area contributed by atoms with Crippen LogP contribution in [0.15, 0.2) is 18.6 Å². The van der Waals surface area contributed by atoms with Crippen LogP contribution in [0.3, 0.4) is 0 Å². The largest absolute Gasteiger partial charge is 0.417 e. The number of aryl methyl sites for hydroxylation is 1. The van der Waals surface area contributed by atoms with Gasteiger partial charge in [0.05, 0.1) is 22.5 Å². The zero-order chi connectivity index (χ0) is 21.0. The Hall–Kier alpha value is -2.46. The minimum absolute atomic E-state index is 0.103. The number of hydrogen-bond donors (Lipinski definition) is 1. The van der Waals surface area contributed by atoms with Crippen LogP contribution in [0.2, 0.25) is 5.02 Å². The number of anilines is 1. The quantitative estimate of drug-likeness (QED) is 0.466. The van der Waals surface area contributed by atoms with E-state index >= 15 is 0 Å². The van der Waals surface area contributed by atoms with Crippen LogP contribution in [0, 0.1) is 5.92 Å². The molecule has 156 valence electrons. The van der Waals surface area contributed by atoms with Crippen LogP contribution in [-0.4, -0.2) is 24.6 Å². The molecule has 0 saturated carbocycles. The van der Waals surface area contributed by atoms with E-state index in [4.69, 9.17) is 11.6 Å². The fourth-order valence-corrected chi connectivity index (χ4v) is 5.44. The molecule has 5 rings (SSSR count). The molecule has 4 aromatic rings. The van der Waals surface area contributed by atoms with Gasteiger partial charge in [-0.3, -0.25) is 4.40 Å². The molecule has 0 saturated heterocycles. The Labute approximate surface area is 178 Å². The number of rotatable bonds is 3. The summed E-state index contributed by atoms with van der Waals surface area (Å²) in [5.74, 6) is 1.61. The molecule has 0 fully saturated rings. The van der Waals surface area contributed by atoms with Crippen LogP contribution < -0.4 is 5.32 Å². The van der Waals surface area contributed by atoms with E-state index in [-0.39, 0.29) is 17.2 Å². The summed E-state index contributed by atoms with van der Waals surface area (Å²) in [6, 6.07) is 0.857. The van der Waals surface area contributed by atoms with E-state index in [1.54, 1.807) is 11.3 Å². The van der Waals surface area contributed by atoms with Crippen molar-refractivity contribution in [2.24, 2.45) is 5.92 Å². The molecule has 0 aromatic carbocycles. The Morgan fingerprint density at radius 1 is 1.30 bits per heavy atom. The van der Waals surface area contributed by atoms with Gasteiger partial charge in [0.1, 0.15) is 17.0 Å². The summed E-state index contributed by atoms with van der Waals surface area (Å²) in [5, 5.41) is 12.1. The van der Waals surface area contributed by atoms with Crippen LogP contribution in [0.25, 0.3) is 15.9 Å². The van der Waals surface area contributed by atoms with Crippen molar-refractivity contribution in [2.75, 3.05) is 5.32 Å². The third-order valence-electron chi connectivity index (χ3n) is 5.36. The molecule has 0 amide bonds. The van der Waals surface area contributed by atoms with Gasteiger partial charge >= 0.3 is 6.18 Å². The maximum Gasteiger partial charge on any atom is 0.417 e. The van der Waals surface area contributed by atoms with Gasteiger partial charge in [-0.2, -0.15) is 13.2 Å². The molecular weight excluding hydrogens is 437 g/mol. The fourth-order valence-electron chi connectivity index (χ4n) is 3.85. The number of hydrogen-bond acceptors (Lipinski definition) is 6. The van der Waals surface area contributed by atoms with Crippen LogP contribution in [0.4, 0.5) is 19.0 Å². The van der Waals surface area contributed by atoms with Gasteiger partial charge < -0.3 is 5.32 Å². The molecule has 1 atom stereocenters. The highest BCUT2D eigenvalue weighted by Crippen LogP contribution is 2.39. The first kappa shape index (κ1) is 19.5. The van der Waals surface area contributed by atoms with Crippen molar-refractivity contribution < 1.29 is 13.2 Å². The molecule has 4 aromatic heterocycles. The summed E-state index contributed by atoms with van der Waals surface area (Å²) < 4.78 is 40.8. The Bertz CT molecular complexity index is 1260. The number of halogens is 4. The van der Waals surface area contributed by atoms with E-state index in [1.807, 2.05) is 0 Å². The first-order valence-corrected chi connectivity index (χ1v) is 10.6. The lowest BCUT2D eigenvalue weighted by Crippen LogP contribution is -2.11. The molecule has 1 aliphatic rings. The predicted octanol–water partition coefficient (Wildman–Crippen LogP) is 5.14. The normalized spacial score (nSPS) is 16.9. The third-order valence-corrected chi connectivity index (χ3v) is 6.80. The van der Waals surface area contributed by atoms with Crippen molar-refractivity contribution in [3.63, 3.8) is 0 Å². The second kappa shape index (κ2) is 7.05. The molecule has 4 heterocycles. The Balaban J connectivity index is 1.50. The maximum absolute atomic E-state index is 13.2. The number of nitrogens with zero attached hydrogens (tertiary/aromatic N) is 5. The smallest absolute Gasteiger partial charge is 0.362 e. The number of alkyl halides is 3. The highest BCUT2D eigenvalue weighted by atomic mass is 35.5. The molecule has 0 bridgehead atoms. The van der Waals surface area contributed by atoms with Crippen molar-refractivity contribution in [1.82, 2.24) is 24.6 Å². The molecule has 1 N–H and O–H groups in total. The van der Waals surface area contributed by atoms with Gasteiger partial charge in [-0.1, -0.05) is 18.5 Å². The standard InChI is InChI=1S/C19H16ClF3N6S/c1-9-2-3-11-13(4-9)30-18-15(11)16(25-8-26-18)24-6-14-27-28-17-12(20)5-10(7-29(14)17)19(21,22)23/h5,7-9H,2-4,6H2,1H3,(H,24,25,26). The lowest BCUT2D eigenvalue weighted by molar-refractivity contribution is -0.137. The Kier molecular flexibility index (Phi) is 4.59. The summed E-state index contributed by atoms with van der Waals surface area (Å²) in [6.07, 6.45) is 1.05. The van der Waals surface area contributed by atoms with Gasteiger partial charge in [0.25, 0.3) is 0 Å². The summed E-state index contributed by atoms with van der Waals surface area (Å²) >= 11 is 7.67. The minimum atomic E-state index is -4.52. The predicted molar refractivity (Wildman–Crippen MR) is 109 cm³/mol. The Morgan fingerprint density at radius 3 is 2.93 bits per heavy atom. The van der Waals surface area contributed by atoms with Gasteiger partial charge in [0, 0.05) is 11.1 Å². The van der Waals surface area contributed by atoms with Crippen LogP contribution in [-0.2, 0) is 25.6 Å². The van der Waals surface area contributed by atoms with E-state index in [2.05, 4.69) is 32.4 Å². The van der Waals surface area contributed by atoms with E-state index in [0.717, 1.165) is 41.7 Å². The SMILES string of the molecule is CC1CCc2c(sc3ncnc(NCc4nnc5c(Cl)cc(C(F)(F)F)cn45)c23)C1. The summed E-state index contributed by atoms with van der Waals surface area (Å²) in [4.78, 5) is 11.0. The highest BCUT2D eigenvalue weighted by molar-refractivity contribution is 7.19. The first-order valence-electron chi connectivity index (χ1n) is 9.40. The third kappa shape index (κ3) is 3.27. The van der Waals surface area contributed by atoms with E-state index < -0.39 is 11.7 Å². The minimum Gasteiger partial charge on any atom is -0.362 e. The lowest BCUT2D eigenvalue weighted by Gasteiger charge is -2.18. The lowest BCUT2D eigenvalue weighted by atomic mass is 9.89. The van der Waals surface area contributed by atoms with Gasteiger partial charge in [-0.25, -0.2) is 9.97 Å². The number of thiophene rings is 1. The van der Waals surface area contributed by atoms with Gasteiger partial charge in [0.2, 0.25) is 0 Å². The molecule has 0 aliphatic heterocycles. The number of aromatic nitrogens is 5. The fraction of sp³-hybridized carbons (Fsp3) is 0.368. The van der Waals surface area contributed by atoms with Crippen LogP contribution >= 0.6 is 22.9 Å². The first-order chi connectivity index (χ1) is 14.3. The molecule has 0 radical (unpaired) electrons. The molecule has 1 aliphatic carbocycles. The maximum atomic E-state index is 13.2. The van der Waals surface area contributed by atoms with Gasteiger partial charge in [-0.05, 0) is 36.8 Å². The number of pyridine rings is 1. The van der Waals surface area contributed by atoms with Crippen molar-refractivity contribution >= 4 is 44.6 Å².